The second-order valence-electron chi connectivity index (χ2n) is 8.93. The van der Waals surface area contributed by atoms with Crippen LogP contribution in [0.25, 0.3) is 10.9 Å². The summed E-state index contributed by atoms with van der Waals surface area (Å²) < 4.78 is 34.0. The highest BCUT2D eigenvalue weighted by molar-refractivity contribution is 7.99. The molecule has 1 aliphatic rings. The van der Waals surface area contributed by atoms with Gasteiger partial charge in [-0.25, -0.2) is 8.78 Å². The lowest BCUT2D eigenvalue weighted by molar-refractivity contribution is -0.146. The number of nitrogens with zero attached hydrogens (tertiary/aromatic N) is 2. The lowest BCUT2D eigenvalue weighted by atomic mass is 9.81. The standard InChI is InChI=1S/C27H30F2N2O3S/c1-34-20-6-8-26-23(16-20)22(9-11-30-26)25(29)7-5-18-10-12-31(17-24(18)27(32)33)13-14-35-21-4-2-3-19(28)15-21/h2-4,6,8-9,11,15-16,18,24-25H,5,7,10,12-14,17H2,1H3,(H,32,33)/t18?,24?,25-/m0/s1. The van der Waals surface area contributed by atoms with E-state index in [1.807, 2.05) is 12.1 Å². The number of aromatic nitrogens is 1. The summed E-state index contributed by atoms with van der Waals surface area (Å²) >= 11 is 1.56. The number of halogens is 2. The Morgan fingerprint density at radius 1 is 1.29 bits per heavy atom. The van der Waals surface area contributed by atoms with Crippen LogP contribution in [-0.2, 0) is 4.79 Å². The number of carboxylic acid groups (broad SMARTS) is 1. The van der Waals surface area contributed by atoms with Gasteiger partial charge < -0.3 is 14.7 Å². The van der Waals surface area contributed by atoms with Crippen molar-refractivity contribution in [1.82, 2.24) is 9.88 Å². The van der Waals surface area contributed by atoms with Gasteiger partial charge in [0.05, 0.1) is 18.5 Å². The fourth-order valence-electron chi connectivity index (χ4n) is 4.81. The quantitative estimate of drug-likeness (QED) is 0.345. The number of piperidine rings is 1. The average molecular weight is 501 g/mol. The number of carboxylic acids is 1. The Morgan fingerprint density at radius 3 is 2.91 bits per heavy atom. The van der Waals surface area contributed by atoms with E-state index in [1.54, 1.807) is 49.3 Å². The summed E-state index contributed by atoms with van der Waals surface area (Å²) in [6.45, 7) is 1.97. The molecule has 0 radical (unpaired) electrons. The first-order valence-corrected chi connectivity index (χ1v) is 12.8. The highest BCUT2D eigenvalue weighted by Gasteiger charge is 2.34. The fourth-order valence-corrected chi connectivity index (χ4v) is 5.76. The van der Waals surface area contributed by atoms with Crippen molar-refractivity contribution in [2.45, 2.75) is 30.3 Å². The Bertz CT molecular complexity index is 1160. The minimum absolute atomic E-state index is 0.0690. The Balaban J connectivity index is 1.33. The van der Waals surface area contributed by atoms with Gasteiger partial charge in [0.1, 0.15) is 17.7 Å². The molecule has 186 valence electrons. The van der Waals surface area contributed by atoms with E-state index in [2.05, 4.69) is 9.88 Å². The molecule has 0 aliphatic carbocycles. The summed E-state index contributed by atoms with van der Waals surface area (Å²) in [6, 6.07) is 13.6. The number of hydrogen-bond acceptors (Lipinski definition) is 5. The van der Waals surface area contributed by atoms with Crippen LogP contribution in [0.5, 0.6) is 5.75 Å². The highest BCUT2D eigenvalue weighted by atomic mass is 32.2. The van der Waals surface area contributed by atoms with E-state index in [0.29, 0.717) is 29.8 Å². The molecule has 3 atom stereocenters. The van der Waals surface area contributed by atoms with E-state index in [0.717, 1.165) is 35.5 Å². The first-order chi connectivity index (χ1) is 16.9. The summed E-state index contributed by atoms with van der Waals surface area (Å²) in [7, 11) is 1.57. The van der Waals surface area contributed by atoms with Crippen LogP contribution < -0.4 is 4.74 Å². The van der Waals surface area contributed by atoms with Crippen molar-refractivity contribution in [2.24, 2.45) is 11.8 Å². The van der Waals surface area contributed by atoms with Crippen LogP contribution in [0.3, 0.4) is 0 Å². The zero-order chi connectivity index (χ0) is 24.8. The third kappa shape index (κ3) is 6.49. The van der Waals surface area contributed by atoms with Crippen LogP contribution in [-0.4, -0.2) is 53.5 Å². The molecular formula is C27H30F2N2O3S. The van der Waals surface area contributed by atoms with Gasteiger partial charge in [0, 0.05) is 35.3 Å². The molecule has 0 amide bonds. The number of rotatable bonds is 10. The predicted molar refractivity (Wildman–Crippen MR) is 134 cm³/mol. The third-order valence-corrected chi connectivity index (χ3v) is 7.71. The van der Waals surface area contributed by atoms with Crippen molar-refractivity contribution < 1.29 is 23.4 Å². The molecule has 1 aliphatic heterocycles. The van der Waals surface area contributed by atoms with Gasteiger partial charge in [-0.1, -0.05) is 6.07 Å². The topological polar surface area (TPSA) is 62.7 Å². The van der Waals surface area contributed by atoms with Crippen molar-refractivity contribution in [1.29, 1.82) is 0 Å². The van der Waals surface area contributed by atoms with Gasteiger partial charge in [-0.2, -0.15) is 0 Å². The van der Waals surface area contributed by atoms with Crippen molar-refractivity contribution in [2.75, 3.05) is 32.5 Å². The lowest BCUT2D eigenvalue weighted by Gasteiger charge is -2.36. The number of fused-ring (bicyclic) bond motifs is 1. The van der Waals surface area contributed by atoms with Crippen LogP contribution in [0.4, 0.5) is 8.78 Å². The van der Waals surface area contributed by atoms with Crippen LogP contribution in [0.1, 0.15) is 31.0 Å². The molecule has 0 bridgehead atoms. The Hall–Kier alpha value is -2.71. The molecule has 3 aromatic rings. The fraction of sp³-hybridized carbons (Fsp3) is 0.407. The molecule has 35 heavy (non-hydrogen) atoms. The SMILES string of the molecule is COc1ccc2nccc([C@@H](F)CCC3CCN(CCSc4cccc(F)c4)CC3C(=O)O)c2c1. The first-order valence-electron chi connectivity index (χ1n) is 11.8. The van der Waals surface area contributed by atoms with E-state index in [1.165, 1.54) is 12.1 Å². The van der Waals surface area contributed by atoms with E-state index in [9.17, 15) is 14.3 Å². The molecule has 2 unspecified atom stereocenters. The monoisotopic (exact) mass is 500 g/mol. The van der Waals surface area contributed by atoms with Crippen LogP contribution in [0, 0.1) is 17.7 Å². The maximum Gasteiger partial charge on any atom is 0.308 e. The minimum Gasteiger partial charge on any atom is -0.497 e. The molecule has 2 heterocycles. The molecule has 4 rings (SSSR count). The van der Waals surface area contributed by atoms with E-state index < -0.39 is 18.1 Å². The number of likely N-dealkylation sites (tertiary alicyclic amines) is 1. The zero-order valence-corrected chi connectivity index (χ0v) is 20.5. The summed E-state index contributed by atoms with van der Waals surface area (Å²) in [4.78, 5) is 19.3. The number of benzene rings is 2. The van der Waals surface area contributed by atoms with Crippen molar-refractivity contribution in [3.8, 4) is 5.75 Å². The molecule has 1 saturated heterocycles. The summed E-state index contributed by atoms with van der Waals surface area (Å²) in [5.41, 5.74) is 1.27. The van der Waals surface area contributed by atoms with E-state index >= 15 is 4.39 Å². The second-order valence-corrected chi connectivity index (χ2v) is 10.1. The van der Waals surface area contributed by atoms with Gasteiger partial charge in [-0.05, 0) is 79.8 Å². The summed E-state index contributed by atoms with van der Waals surface area (Å²) in [5.74, 6) is -0.275. The maximum atomic E-state index is 15.4. The zero-order valence-electron chi connectivity index (χ0n) is 19.7. The van der Waals surface area contributed by atoms with Gasteiger partial charge in [-0.15, -0.1) is 11.8 Å². The molecule has 1 aromatic heterocycles. The van der Waals surface area contributed by atoms with Crippen LogP contribution >= 0.6 is 11.8 Å². The molecule has 2 aromatic carbocycles. The van der Waals surface area contributed by atoms with Gasteiger partial charge in [0.15, 0.2) is 0 Å². The van der Waals surface area contributed by atoms with Crippen LogP contribution in [0.15, 0.2) is 59.6 Å². The van der Waals surface area contributed by atoms with Gasteiger partial charge in [0.25, 0.3) is 0 Å². The maximum absolute atomic E-state index is 15.4. The molecule has 0 saturated carbocycles. The number of pyridine rings is 1. The third-order valence-electron chi connectivity index (χ3n) is 6.74. The Morgan fingerprint density at radius 2 is 2.14 bits per heavy atom. The van der Waals surface area contributed by atoms with E-state index in [4.69, 9.17) is 4.74 Å². The number of thioether (sulfide) groups is 1. The van der Waals surface area contributed by atoms with Gasteiger partial charge >= 0.3 is 5.97 Å². The average Bonchev–Trinajstić information content (AvgIpc) is 2.87. The molecule has 5 nitrogen and oxygen atoms in total. The minimum atomic E-state index is -1.21. The van der Waals surface area contributed by atoms with Gasteiger partial charge in [0.2, 0.25) is 0 Å². The summed E-state index contributed by atoms with van der Waals surface area (Å²) in [6.07, 6.45) is 1.90. The smallest absolute Gasteiger partial charge is 0.308 e. The second kappa shape index (κ2) is 11.8. The van der Waals surface area contributed by atoms with E-state index in [-0.39, 0.29) is 18.2 Å². The number of carbonyl (C=O) groups is 1. The predicted octanol–water partition coefficient (Wildman–Crippen LogP) is 5.99. The molecule has 1 N–H and O–H groups in total. The number of alkyl halides is 1. The van der Waals surface area contributed by atoms with Crippen molar-refractivity contribution in [3.63, 3.8) is 0 Å². The molecule has 8 heteroatoms. The van der Waals surface area contributed by atoms with Crippen LogP contribution in [0.2, 0.25) is 0 Å². The van der Waals surface area contributed by atoms with Crippen molar-refractivity contribution >= 4 is 28.6 Å². The number of aliphatic carboxylic acids is 1. The molecular weight excluding hydrogens is 470 g/mol. The number of hydrogen-bond donors (Lipinski definition) is 1. The van der Waals surface area contributed by atoms with Crippen molar-refractivity contribution in [3.05, 3.63) is 66.1 Å². The lowest BCUT2D eigenvalue weighted by Crippen LogP contribution is -2.44. The Labute approximate surface area is 208 Å². The first kappa shape index (κ1) is 25.4. The summed E-state index contributed by atoms with van der Waals surface area (Å²) in [5, 5.41) is 10.6. The highest BCUT2D eigenvalue weighted by Crippen LogP contribution is 2.35. The number of ether oxygens (including phenoxy) is 1. The number of methoxy groups -OCH3 is 1. The Kier molecular flexibility index (Phi) is 8.57. The molecule has 1 fully saturated rings. The molecule has 0 spiro atoms. The normalized spacial score (nSPS) is 19.5. The largest absolute Gasteiger partial charge is 0.497 e. The van der Waals surface area contributed by atoms with Gasteiger partial charge in [-0.3, -0.25) is 9.78 Å².